The number of nitrogens with zero attached hydrogens (tertiary/aromatic N) is 2. The van der Waals surface area contributed by atoms with Gasteiger partial charge in [0.25, 0.3) is 11.6 Å². The van der Waals surface area contributed by atoms with Crippen LogP contribution in [0.4, 0.5) is 11.4 Å². The minimum atomic E-state index is -0.493. The molecule has 0 unspecified atom stereocenters. The summed E-state index contributed by atoms with van der Waals surface area (Å²) < 4.78 is 0. The third kappa shape index (κ3) is 5.03. The van der Waals surface area contributed by atoms with E-state index in [-0.39, 0.29) is 23.8 Å². The van der Waals surface area contributed by atoms with E-state index >= 15 is 0 Å². The largest absolute Gasteiger partial charge is 0.396 e. The van der Waals surface area contributed by atoms with Crippen molar-refractivity contribution in [3.05, 3.63) is 33.9 Å². The number of carbonyl (C=O) groups excluding carboxylic acids is 1. The van der Waals surface area contributed by atoms with Gasteiger partial charge in [0.1, 0.15) is 5.69 Å². The van der Waals surface area contributed by atoms with Crippen LogP contribution in [0.3, 0.4) is 0 Å². The van der Waals surface area contributed by atoms with Gasteiger partial charge in [-0.15, -0.1) is 0 Å². The smallest absolute Gasteiger partial charge is 0.293 e. The highest BCUT2D eigenvalue weighted by atomic mass is 16.6. The number of anilines is 1. The minimum absolute atomic E-state index is 0.0899. The molecule has 116 valence electrons. The van der Waals surface area contributed by atoms with Gasteiger partial charge in [-0.1, -0.05) is 0 Å². The van der Waals surface area contributed by atoms with Gasteiger partial charge in [0.2, 0.25) is 0 Å². The zero-order chi connectivity index (χ0) is 15.8. The lowest BCUT2D eigenvalue weighted by molar-refractivity contribution is -0.384. The standard InChI is InChI=1S/C14H21N3O4/c1-16(2)12-7-6-11(10-13(12)17(20)21)14(19)15-8-4-3-5-9-18/h6-7,10,18H,3-5,8-9H2,1-2H3,(H,15,19). The van der Waals surface area contributed by atoms with Gasteiger partial charge >= 0.3 is 0 Å². The van der Waals surface area contributed by atoms with E-state index in [1.54, 1.807) is 31.1 Å². The summed E-state index contributed by atoms with van der Waals surface area (Å²) >= 11 is 0. The van der Waals surface area contributed by atoms with Crippen molar-refractivity contribution in [2.45, 2.75) is 19.3 Å². The molecule has 0 aliphatic carbocycles. The van der Waals surface area contributed by atoms with Crippen molar-refractivity contribution in [1.82, 2.24) is 5.32 Å². The maximum Gasteiger partial charge on any atom is 0.293 e. The molecule has 0 atom stereocenters. The van der Waals surface area contributed by atoms with E-state index in [0.717, 1.165) is 12.8 Å². The van der Waals surface area contributed by atoms with Crippen molar-refractivity contribution in [2.75, 3.05) is 32.1 Å². The number of amides is 1. The Morgan fingerprint density at radius 2 is 2.05 bits per heavy atom. The molecule has 0 aliphatic heterocycles. The van der Waals surface area contributed by atoms with E-state index in [1.807, 2.05) is 0 Å². The fourth-order valence-corrected chi connectivity index (χ4v) is 1.91. The Morgan fingerprint density at radius 1 is 1.33 bits per heavy atom. The van der Waals surface area contributed by atoms with Crippen LogP contribution in [0.25, 0.3) is 0 Å². The molecule has 0 aliphatic rings. The second-order valence-corrected chi connectivity index (χ2v) is 4.90. The Labute approximate surface area is 123 Å². The number of rotatable bonds is 8. The van der Waals surface area contributed by atoms with Gasteiger partial charge in [0, 0.05) is 38.9 Å². The SMILES string of the molecule is CN(C)c1ccc(C(=O)NCCCCCO)cc1[N+](=O)[O-]. The molecule has 0 bridgehead atoms. The van der Waals surface area contributed by atoms with E-state index < -0.39 is 4.92 Å². The maximum atomic E-state index is 11.9. The number of carbonyl (C=O) groups is 1. The highest BCUT2D eigenvalue weighted by Crippen LogP contribution is 2.27. The first kappa shape index (κ1) is 16.9. The van der Waals surface area contributed by atoms with Crippen LogP contribution >= 0.6 is 0 Å². The molecule has 0 aromatic heterocycles. The van der Waals surface area contributed by atoms with Crippen LogP contribution in [0.1, 0.15) is 29.6 Å². The molecular weight excluding hydrogens is 274 g/mol. The predicted octanol–water partition coefficient (Wildman–Crippen LogP) is 1.55. The van der Waals surface area contributed by atoms with Gasteiger partial charge in [-0.3, -0.25) is 14.9 Å². The highest BCUT2D eigenvalue weighted by Gasteiger charge is 2.18. The summed E-state index contributed by atoms with van der Waals surface area (Å²) in [5.74, 6) is -0.326. The Balaban J connectivity index is 2.72. The third-order valence-electron chi connectivity index (χ3n) is 3.04. The number of benzene rings is 1. The third-order valence-corrected chi connectivity index (χ3v) is 3.04. The van der Waals surface area contributed by atoms with Crippen LogP contribution in [-0.4, -0.2) is 43.2 Å². The second kappa shape index (κ2) is 8.21. The van der Waals surface area contributed by atoms with Crippen LogP contribution in [-0.2, 0) is 0 Å². The normalized spacial score (nSPS) is 10.2. The Kier molecular flexibility index (Phi) is 6.61. The summed E-state index contributed by atoms with van der Waals surface area (Å²) in [5, 5.41) is 22.4. The first-order valence-corrected chi connectivity index (χ1v) is 6.82. The topological polar surface area (TPSA) is 95.7 Å². The average molecular weight is 295 g/mol. The molecule has 21 heavy (non-hydrogen) atoms. The Bertz CT molecular complexity index is 503. The highest BCUT2D eigenvalue weighted by molar-refractivity contribution is 5.95. The van der Waals surface area contributed by atoms with Crippen molar-refractivity contribution in [1.29, 1.82) is 0 Å². The summed E-state index contributed by atoms with van der Waals surface area (Å²) in [4.78, 5) is 24.1. The Hall–Kier alpha value is -2.15. The molecule has 7 heteroatoms. The summed E-state index contributed by atoms with van der Waals surface area (Å²) in [6.07, 6.45) is 2.31. The fourth-order valence-electron chi connectivity index (χ4n) is 1.91. The van der Waals surface area contributed by atoms with Crippen LogP contribution in [0, 0.1) is 10.1 Å². The number of hydrogen-bond acceptors (Lipinski definition) is 5. The van der Waals surface area contributed by atoms with E-state index in [4.69, 9.17) is 5.11 Å². The minimum Gasteiger partial charge on any atom is -0.396 e. The van der Waals surface area contributed by atoms with Crippen molar-refractivity contribution < 1.29 is 14.8 Å². The molecule has 0 spiro atoms. The van der Waals surface area contributed by atoms with Gasteiger partial charge in [-0.05, 0) is 31.4 Å². The van der Waals surface area contributed by atoms with Gasteiger partial charge in [0.05, 0.1) is 4.92 Å². The van der Waals surface area contributed by atoms with Crippen LogP contribution in [0.15, 0.2) is 18.2 Å². The van der Waals surface area contributed by atoms with Crippen molar-refractivity contribution >= 4 is 17.3 Å². The number of unbranched alkanes of at least 4 members (excludes halogenated alkanes) is 2. The molecule has 0 heterocycles. The molecule has 2 N–H and O–H groups in total. The van der Waals surface area contributed by atoms with Crippen molar-refractivity contribution in [2.24, 2.45) is 0 Å². The van der Waals surface area contributed by atoms with E-state index in [9.17, 15) is 14.9 Å². The lowest BCUT2D eigenvalue weighted by atomic mass is 10.1. The molecule has 0 fully saturated rings. The van der Waals surface area contributed by atoms with Crippen LogP contribution < -0.4 is 10.2 Å². The predicted molar refractivity (Wildman–Crippen MR) is 80.7 cm³/mol. The lowest BCUT2D eigenvalue weighted by Gasteiger charge is -2.13. The van der Waals surface area contributed by atoms with Gasteiger partial charge in [0.15, 0.2) is 0 Å². The maximum absolute atomic E-state index is 11.9. The summed E-state index contributed by atoms with van der Waals surface area (Å²) in [6, 6.07) is 4.43. The number of nitro benzene ring substituents is 1. The number of hydrogen-bond donors (Lipinski definition) is 2. The van der Waals surface area contributed by atoms with E-state index in [2.05, 4.69) is 5.32 Å². The number of aliphatic hydroxyl groups is 1. The second-order valence-electron chi connectivity index (χ2n) is 4.90. The number of aliphatic hydroxyl groups excluding tert-OH is 1. The molecular formula is C14H21N3O4. The fraction of sp³-hybridized carbons (Fsp3) is 0.500. The van der Waals surface area contributed by atoms with Crippen LogP contribution in [0.2, 0.25) is 0 Å². The zero-order valence-electron chi connectivity index (χ0n) is 12.3. The lowest BCUT2D eigenvalue weighted by Crippen LogP contribution is -2.24. The van der Waals surface area contributed by atoms with Gasteiger partial charge < -0.3 is 15.3 Å². The number of nitrogens with one attached hydrogen (secondary N) is 1. The molecule has 0 saturated carbocycles. The molecule has 7 nitrogen and oxygen atoms in total. The Morgan fingerprint density at radius 3 is 2.62 bits per heavy atom. The van der Waals surface area contributed by atoms with Crippen molar-refractivity contribution in [3.8, 4) is 0 Å². The molecule has 0 saturated heterocycles. The van der Waals surface area contributed by atoms with Crippen molar-refractivity contribution in [3.63, 3.8) is 0 Å². The first-order chi connectivity index (χ1) is 9.97. The zero-order valence-corrected chi connectivity index (χ0v) is 12.3. The monoisotopic (exact) mass is 295 g/mol. The summed E-state index contributed by atoms with van der Waals surface area (Å²) in [7, 11) is 3.42. The van der Waals surface area contributed by atoms with Crippen LogP contribution in [0.5, 0.6) is 0 Å². The molecule has 1 aromatic carbocycles. The number of nitro groups is 1. The summed E-state index contributed by atoms with van der Waals surface area (Å²) in [5.41, 5.74) is 0.641. The molecule has 0 radical (unpaired) electrons. The van der Waals surface area contributed by atoms with Gasteiger partial charge in [-0.25, -0.2) is 0 Å². The average Bonchev–Trinajstić information content (AvgIpc) is 2.46. The quantitative estimate of drug-likeness (QED) is 0.431. The van der Waals surface area contributed by atoms with E-state index in [1.165, 1.54) is 6.07 Å². The molecule has 1 amide bonds. The van der Waals surface area contributed by atoms with E-state index in [0.29, 0.717) is 18.7 Å². The van der Waals surface area contributed by atoms with Gasteiger partial charge in [-0.2, -0.15) is 0 Å². The first-order valence-electron chi connectivity index (χ1n) is 6.82. The molecule has 1 aromatic rings. The molecule has 1 rings (SSSR count). The summed E-state index contributed by atoms with van der Waals surface area (Å²) in [6.45, 7) is 0.633.